The summed E-state index contributed by atoms with van der Waals surface area (Å²) in [6.07, 6.45) is 2.00. The van der Waals surface area contributed by atoms with Crippen LogP contribution in [0.25, 0.3) is 0 Å². The molecule has 1 fully saturated rings. The van der Waals surface area contributed by atoms with Crippen molar-refractivity contribution in [1.82, 2.24) is 5.32 Å². The Morgan fingerprint density at radius 2 is 2.17 bits per heavy atom. The minimum absolute atomic E-state index is 0.0646. The zero-order valence-corrected chi connectivity index (χ0v) is 10.7. The number of aliphatic carboxylic acids is 1. The molecule has 4 heteroatoms. The summed E-state index contributed by atoms with van der Waals surface area (Å²) in [6.45, 7) is 4.14. The molecule has 0 atom stereocenters. The molecule has 2 N–H and O–H groups in total. The zero-order chi connectivity index (χ0) is 13.0. The topological polar surface area (TPSA) is 52.6 Å². The lowest BCUT2D eigenvalue weighted by molar-refractivity contribution is -0.136. The quantitative estimate of drug-likeness (QED) is 0.850. The molecular weight excluding hydrogens is 228 g/mol. The van der Waals surface area contributed by atoms with Crippen molar-refractivity contribution in [3.05, 3.63) is 29.8 Å². The van der Waals surface area contributed by atoms with Gasteiger partial charge >= 0.3 is 5.97 Å². The van der Waals surface area contributed by atoms with Gasteiger partial charge in [-0.2, -0.15) is 0 Å². The summed E-state index contributed by atoms with van der Waals surface area (Å²) in [5, 5.41) is 11.7. The summed E-state index contributed by atoms with van der Waals surface area (Å²) >= 11 is 0. The number of anilines is 1. The van der Waals surface area contributed by atoms with Crippen LogP contribution in [0.5, 0.6) is 0 Å². The van der Waals surface area contributed by atoms with Gasteiger partial charge in [-0.3, -0.25) is 4.79 Å². The third-order valence-electron chi connectivity index (χ3n) is 3.40. The number of piperidine rings is 1. The van der Waals surface area contributed by atoms with Crippen molar-refractivity contribution >= 4 is 11.7 Å². The molecule has 0 aromatic heterocycles. The average molecular weight is 248 g/mol. The van der Waals surface area contributed by atoms with E-state index in [1.54, 1.807) is 0 Å². The lowest BCUT2D eigenvalue weighted by atomic mass is 10.0. The second kappa shape index (κ2) is 5.87. The van der Waals surface area contributed by atoms with Gasteiger partial charge in [0.25, 0.3) is 0 Å². The maximum Gasteiger partial charge on any atom is 0.317 e. The predicted octanol–water partition coefficient (Wildman–Crippen LogP) is 1.64. The third-order valence-corrected chi connectivity index (χ3v) is 3.40. The molecule has 98 valence electrons. The van der Waals surface area contributed by atoms with Gasteiger partial charge in [-0.25, -0.2) is 0 Å². The van der Waals surface area contributed by atoms with Crippen LogP contribution in [0.3, 0.4) is 0 Å². The number of nitrogens with one attached hydrogen (secondary N) is 1. The van der Waals surface area contributed by atoms with Crippen LogP contribution >= 0.6 is 0 Å². The highest BCUT2D eigenvalue weighted by atomic mass is 16.4. The molecule has 2 rings (SSSR count). The lowest BCUT2D eigenvalue weighted by Gasteiger charge is -2.34. The van der Waals surface area contributed by atoms with Gasteiger partial charge < -0.3 is 15.3 Å². The van der Waals surface area contributed by atoms with Crippen molar-refractivity contribution in [2.45, 2.75) is 25.8 Å². The molecule has 1 saturated heterocycles. The van der Waals surface area contributed by atoms with E-state index in [4.69, 9.17) is 5.11 Å². The van der Waals surface area contributed by atoms with E-state index in [1.807, 2.05) is 0 Å². The first-order valence-electron chi connectivity index (χ1n) is 6.42. The van der Waals surface area contributed by atoms with E-state index in [0.29, 0.717) is 6.04 Å². The second-order valence-corrected chi connectivity index (χ2v) is 4.87. The van der Waals surface area contributed by atoms with E-state index >= 15 is 0 Å². The summed E-state index contributed by atoms with van der Waals surface area (Å²) in [5.41, 5.74) is 2.55. The van der Waals surface area contributed by atoms with E-state index < -0.39 is 5.97 Å². The Balaban J connectivity index is 1.85. The van der Waals surface area contributed by atoms with Gasteiger partial charge in [0, 0.05) is 24.8 Å². The Labute approximate surface area is 108 Å². The number of benzene rings is 1. The first kappa shape index (κ1) is 12.9. The molecule has 0 amide bonds. The molecule has 1 aliphatic rings. The van der Waals surface area contributed by atoms with Crippen LogP contribution in [-0.2, 0) is 4.79 Å². The van der Waals surface area contributed by atoms with Crippen LogP contribution in [0.1, 0.15) is 18.4 Å². The lowest BCUT2D eigenvalue weighted by Crippen LogP contribution is -2.44. The average Bonchev–Trinajstić information content (AvgIpc) is 2.37. The van der Waals surface area contributed by atoms with E-state index in [2.05, 4.69) is 41.4 Å². The number of rotatable bonds is 4. The molecule has 0 unspecified atom stereocenters. The number of hydrogen-bond acceptors (Lipinski definition) is 3. The molecular formula is C14H20N2O2. The maximum atomic E-state index is 10.5. The molecule has 0 spiro atoms. The summed E-state index contributed by atoms with van der Waals surface area (Å²) in [7, 11) is 0. The Morgan fingerprint density at radius 3 is 2.78 bits per heavy atom. The molecule has 0 aliphatic carbocycles. The van der Waals surface area contributed by atoms with Crippen molar-refractivity contribution < 1.29 is 9.90 Å². The molecule has 0 radical (unpaired) electrons. The van der Waals surface area contributed by atoms with Crippen LogP contribution in [0, 0.1) is 6.92 Å². The van der Waals surface area contributed by atoms with Crippen LogP contribution in [0.4, 0.5) is 5.69 Å². The summed E-state index contributed by atoms with van der Waals surface area (Å²) in [5.74, 6) is -0.781. The largest absolute Gasteiger partial charge is 0.480 e. The van der Waals surface area contributed by atoms with Crippen LogP contribution < -0.4 is 10.2 Å². The Hall–Kier alpha value is -1.55. The van der Waals surface area contributed by atoms with Gasteiger partial charge in [0.05, 0.1) is 6.54 Å². The first-order valence-corrected chi connectivity index (χ1v) is 6.42. The molecule has 18 heavy (non-hydrogen) atoms. The van der Waals surface area contributed by atoms with Crippen molar-refractivity contribution in [3.63, 3.8) is 0 Å². The van der Waals surface area contributed by atoms with Gasteiger partial charge in [0.1, 0.15) is 0 Å². The van der Waals surface area contributed by atoms with E-state index in [9.17, 15) is 4.79 Å². The summed E-state index contributed by atoms with van der Waals surface area (Å²) in [6, 6.07) is 8.86. The Bertz CT molecular complexity index is 412. The number of nitrogens with zero attached hydrogens (tertiary/aromatic N) is 1. The van der Waals surface area contributed by atoms with E-state index in [1.165, 1.54) is 11.3 Å². The van der Waals surface area contributed by atoms with Crippen molar-refractivity contribution in [2.75, 3.05) is 24.5 Å². The fourth-order valence-corrected chi connectivity index (χ4v) is 2.40. The van der Waals surface area contributed by atoms with Crippen LogP contribution in [-0.4, -0.2) is 36.8 Å². The predicted molar refractivity (Wildman–Crippen MR) is 72.1 cm³/mol. The first-order chi connectivity index (χ1) is 8.65. The summed E-state index contributed by atoms with van der Waals surface area (Å²) < 4.78 is 0. The second-order valence-electron chi connectivity index (χ2n) is 4.87. The fourth-order valence-electron chi connectivity index (χ4n) is 2.40. The SMILES string of the molecule is Cc1cccc(N2CCC(NCC(=O)O)CC2)c1. The highest BCUT2D eigenvalue weighted by Gasteiger charge is 2.19. The van der Waals surface area contributed by atoms with Gasteiger partial charge in [0.15, 0.2) is 0 Å². The molecule has 1 aromatic carbocycles. The number of carbonyl (C=O) groups is 1. The molecule has 4 nitrogen and oxygen atoms in total. The number of carboxylic acid groups (broad SMARTS) is 1. The van der Waals surface area contributed by atoms with Gasteiger partial charge in [-0.15, -0.1) is 0 Å². The fraction of sp³-hybridized carbons (Fsp3) is 0.500. The standard InChI is InChI=1S/C14H20N2O2/c1-11-3-2-4-13(9-11)16-7-5-12(6-8-16)15-10-14(17)18/h2-4,9,12,15H,5-8,10H2,1H3,(H,17,18). The van der Waals surface area contributed by atoms with Crippen molar-refractivity contribution in [3.8, 4) is 0 Å². The van der Waals surface area contributed by atoms with Crippen LogP contribution in [0.2, 0.25) is 0 Å². The maximum absolute atomic E-state index is 10.5. The molecule has 0 bridgehead atoms. The zero-order valence-electron chi connectivity index (χ0n) is 10.7. The number of hydrogen-bond donors (Lipinski definition) is 2. The third kappa shape index (κ3) is 3.47. The number of aryl methyl sites for hydroxylation is 1. The highest BCUT2D eigenvalue weighted by molar-refractivity contribution is 5.69. The van der Waals surface area contributed by atoms with E-state index in [-0.39, 0.29) is 6.54 Å². The van der Waals surface area contributed by atoms with Gasteiger partial charge in [-0.1, -0.05) is 12.1 Å². The van der Waals surface area contributed by atoms with E-state index in [0.717, 1.165) is 25.9 Å². The summed E-state index contributed by atoms with van der Waals surface area (Å²) in [4.78, 5) is 12.9. The monoisotopic (exact) mass is 248 g/mol. The molecule has 1 heterocycles. The molecule has 1 aromatic rings. The number of carboxylic acids is 1. The minimum atomic E-state index is -0.781. The van der Waals surface area contributed by atoms with Gasteiger partial charge in [0.2, 0.25) is 0 Å². The highest BCUT2D eigenvalue weighted by Crippen LogP contribution is 2.20. The molecule has 1 aliphatic heterocycles. The van der Waals surface area contributed by atoms with Crippen LogP contribution in [0.15, 0.2) is 24.3 Å². The van der Waals surface area contributed by atoms with Gasteiger partial charge in [-0.05, 0) is 37.5 Å². The Kier molecular flexibility index (Phi) is 4.20. The van der Waals surface area contributed by atoms with Crippen molar-refractivity contribution in [2.24, 2.45) is 0 Å². The van der Waals surface area contributed by atoms with Crippen molar-refractivity contribution in [1.29, 1.82) is 0 Å². The smallest absolute Gasteiger partial charge is 0.317 e. The normalized spacial score (nSPS) is 16.8. The minimum Gasteiger partial charge on any atom is -0.480 e. The molecule has 0 saturated carbocycles. The Morgan fingerprint density at radius 1 is 1.44 bits per heavy atom.